The van der Waals surface area contributed by atoms with Crippen LogP contribution in [0.3, 0.4) is 0 Å². The summed E-state index contributed by atoms with van der Waals surface area (Å²) in [5, 5.41) is 17.8. The van der Waals surface area contributed by atoms with E-state index in [0.29, 0.717) is 17.1 Å². The molecule has 4 N–H and O–H groups in total. The Morgan fingerprint density at radius 2 is 1.63 bits per heavy atom. The zero-order chi connectivity index (χ0) is 34.1. The van der Waals surface area contributed by atoms with Gasteiger partial charge in [0.05, 0.1) is 33.8 Å². The Morgan fingerprint density at radius 1 is 0.957 bits per heavy atom. The lowest BCUT2D eigenvalue weighted by molar-refractivity contribution is -0.139. The molecule has 1 heterocycles. The quantitative estimate of drug-likeness (QED) is 0.204. The first kappa shape index (κ1) is 35.4. The van der Waals surface area contributed by atoms with Crippen LogP contribution in [-0.2, 0) is 30.5 Å². The molecule has 2 unspecified atom stereocenters. The minimum Gasteiger partial charge on any atom is -0.493 e. The van der Waals surface area contributed by atoms with Gasteiger partial charge in [0.15, 0.2) is 23.4 Å². The van der Waals surface area contributed by atoms with Gasteiger partial charge in [-0.25, -0.2) is 14.6 Å². The minimum atomic E-state index is -1.46. The van der Waals surface area contributed by atoms with Gasteiger partial charge in [0.2, 0.25) is 5.91 Å². The molecule has 0 saturated heterocycles. The Kier molecular flexibility index (Phi) is 11.7. The number of nitrogens with one attached hydrogen (secondary N) is 3. The number of benzene rings is 2. The molecule has 46 heavy (non-hydrogen) atoms. The fourth-order valence-corrected chi connectivity index (χ4v) is 4.23. The third kappa shape index (κ3) is 9.95. The lowest BCUT2D eigenvalue weighted by Crippen LogP contribution is -2.59. The third-order valence-corrected chi connectivity index (χ3v) is 6.51. The summed E-state index contributed by atoms with van der Waals surface area (Å²) in [6.45, 7) is 7.95. The van der Waals surface area contributed by atoms with Gasteiger partial charge in [0.1, 0.15) is 17.2 Å². The second-order valence-corrected chi connectivity index (χ2v) is 11.8. The van der Waals surface area contributed by atoms with Crippen molar-refractivity contribution in [3.05, 3.63) is 72.2 Å². The largest absolute Gasteiger partial charge is 0.493 e. The molecule has 0 bridgehead atoms. The number of nitrogens with zero attached hydrogens (tertiary/aromatic N) is 2. The molecular formula is C32H41N5O9. The Balaban J connectivity index is 1.79. The number of hydrogen-bond acceptors (Lipinski definition) is 9. The van der Waals surface area contributed by atoms with Crippen LogP contribution < -0.4 is 25.4 Å². The number of carbonyl (C=O) groups is 4. The molecule has 0 saturated carbocycles. The molecule has 0 spiro atoms. The number of carbonyl (C=O) groups excluding carboxylic acids is 3. The van der Waals surface area contributed by atoms with E-state index >= 15 is 0 Å². The highest BCUT2D eigenvalue weighted by Crippen LogP contribution is 2.31. The second-order valence-electron chi connectivity index (χ2n) is 11.8. The van der Waals surface area contributed by atoms with Crippen LogP contribution in [0, 0.1) is 0 Å². The molecule has 3 aromatic rings. The van der Waals surface area contributed by atoms with E-state index in [9.17, 15) is 24.3 Å². The van der Waals surface area contributed by atoms with E-state index in [1.807, 2.05) is 30.3 Å². The Morgan fingerprint density at radius 3 is 2.24 bits per heavy atom. The zero-order valence-electron chi connectivity index (χ0n) is 27.0. The molecule has 3 amide bonds. The highest BCUT2D eigenvalue weighted by Gasteiger charge is 2.35. The molecular weight excluding hydrogens is 598 g/mol. The van der Waals surface area contributed by atoms with Crippen molar-refractivity contribution < 1.29 is 43.2 Å². The molecule has 0 aliphatic carbocycles. The van der Waals surface area contributed by atoms with Crippen molar-refractivity contribution >= 4 is 29.7 Å². The van der Waals surface area contributed by atoms with Crippen molar-refractivity contribution in [3.8, 4) is 11.5 Å². The molecule has 248 valence electrons. The van der Waals surface area contributed by atoms with Crippen LogP contribution in [0.4, 0.5) is 10.6 Å². The first-order valence-electron chi connectivity index (χ1n) is 14.4. The molecule has 1 aromatic heterocycles. The van der Waals surface area contributed by atoms with Crippen LogP contribution in [0.1, 0.15) is 51.8 Å². The maximum atomic E-state index is 13.5. The number of rotatable bonds is 14. The highest BCUT2D eigenvalue weighted by molar-refractivity contribution is 5.98. The standard InChI is InChI=1S/C32H41N5O9/c1-31(2,3)46-30(42)36-32(4,5)29(41)34-22(18-45-17-20-11-9-8-10-12-20)27(38)35-25-16-37(19-33-25)26(28(39)40)21-13-14-23(43-6)24(15-21)44-7/h8-16,19,22,26H,17-18H2,1-7H3,(H,34,41)(H,35,38)(H,36,42)(H,39,40). The van der Waals surface area contributed by atoms with Crippen molar-refractivity contribution in [1.82, 2.24) is 20.2 Å². The van der Waals surface area contributed by atoms with Crippen LogP contribution in [0.5, 0.6) is 11.5 Å². The van der Waals surface area contributed by atoms with Crippen LogP contribution in [0.2, 0.25) is 0 Å². The average molecular weight is 640 g/mol. The molecule has 3 rings (SSSR count). The van der Waals surface area contributed by atoms with Crippen LogP contribution in [0.15, 0.2) is 61.1 Å². The predicted octanol–water partition coefficient (Wildman–Crippen LogP) is 3.52. The van der Waals surface area contributed by atoms with E-state index in [1.54, 1.807) is 39.0 Å². The maximum absolute atomic E-state index is 13.5. The summed E-state index contributed by atoms with van der Waals surface area (Å²) in [5.41, 5.74) is -1.02. The number of carboxylic acids is 1. The first-order chi connectivity index (χ1) is 21.6. The van der Waals surface area contributed by atoms with E-state index in [0.717, 1.165) is 5.56 Å². The van der Waals surface area contributed by atoms with Crippen LogP contribution in [-0.4, -0.2) is 76.5 Å². The van der Waals surface area contributed by atoms with Crippen LogP contribution in [0.25, 0.3) is 0 Å². The van der Waals surface area contributed by atoms with Crippen molar-refractivity contribution in [1.29, 1.82) is 0 Å². The number of amides is 3. The summed E-state index contributed by atoms with van der Waals surface area (Å²) in [4.78, 5) is 55.5. The fraction of sp³-hybridized carbons (Fsp3) is 0.406. The lowest BCUT2D eigenvalue weighted by atomic mass is 10.0. The average Bonchev–Trinajstić information content (AvgIpc) is 3.42. The fourth-order valence-electron chi connectivity index (χ4n) is 4.23. The molecule has 14 nitrogen and oxygen atoms in total. The number of methoxy groups -OCH3 is 2. The van der Waals surface area contributed by atoms with Gasteiger partial charge >= 0.3 is 12.1 Å². The molecule has 0 aliphatic rings. The van der Waals surface area contributed by atoms with Crippen LogP contribution >= 0.6 is 0 Å². The molecule has 2 atom stereocenters. The number of aromatic nitrogens is 2. The summed E-state index contributed by atoms with van der Waals surface area (Å²) in [6, 6.07) is 11.5. The van der Waals surface area contributed by atoms with Crippen molar-refractivity contribution in [2.45, 2.75) is 64.4 Å². The summed E-state index contributed by atoms with van der Waals surface area (Å²) in [6.07, 6.45) is 1.81. The van der Waals surface area contributed by atoms with E-state index in [-0.39, 0.29) is 19.0 Å². The zero-order valence-corrected chi connectivity index (χ0v) is 27.0. The summed E-state index contributed by atoms with van der Waals surface area (Å²) in [7, 11) is 2.91. The van der Waals surface area contributed by atoms with Crippen molar-refractivity contribution in [3.63, 3.8) is 0 Å². The van der Waals surface area contributed by atoms with E-state index in [1.165, 1.54) is 45.2 Å². The first-order valence-corrected chi connectivity index (χ1v) is 14.4. The molecule has 0 radical (unpaired) electrons. The van der Waals surface area contributed by atoms with Gasteiger partial charge in [-0.1, -0.05) is 36.4 Å². The topological polar surface area (TPSA) is 179 Å². The molecule has 0 aliphatic heterocycles. The predicted molar refractivity (Wildman–Crippen MR) is 168 cm³/mol. The Hall–Kier alpha value is -5.11. The third-order valence-electron chi connectivity index (χ3n) is 6.51. The summed E-state index contributed by atoms with van der Waals surface area (Å²) < 4.78 is 22.9. The number of anilines is 1. The molecule has 0 fully saturated rings. The van der Waals surface area contributed by atoms with E-state index in [4.69, 9.17) is 18.9 Å². The highest BCUT2D eigenvalue weighted by atomic mass is 16.6. The summed E-state index contributed by atoms with van der Waals surface area (Å²) >= 11 is 0. The van der Waals surface area contributed by atoms with Gasteiger partial charge in [0, 0.05) is 6.20 Å². The number of carboxylic acid groups (broad SMARTS) is 1. The number of ether oxygens (including phenoxy) is 4. The Labute approximate surface area is 267 Å². The number of alkyl carbamates (subject to hydrolysis) is 1. The monoisotopic (exact) mass is 639 g/mol. The van der Waals surface area contributed by atoms with Gasteiger partial charge in [-0.3, -0.25) is 9.59 Å². The van der Waals surface area contributed by atoms with Crippen molar-refractivity contribution in [2.75, 3.05) is 26.1 Å². The molecule has 2 aromatic carbocycles. The number of aliphatic carboxylic acids is 1. The summed E-state index contributed by atoms with van der Waals surface area (Å²) in [5.74, 6) is -1.73. The Bertz CT molecular complexity index is 1520. The normalized spacial score (nSPS) is 12.8. The maximum Gasteiger partial charge on any atom is 0.408 e. The van der Waals surface area contributed by atoms with Gasteiger partial charge < -0.3 is 44.6 Å². The second kappa shape index (κ2) is 15.3. The van der Waals surface area contributed by atoms with Crippen molar-refractivity contribution in [2.24, 2.45) is 0 Å². The molecule has 14 heteroatoms. The van der Waals surface area contributed by atoms with Gasteiger partial charge in [-0.15, -0.1) is 0 Å². The minimum absolute atomic E-state index is 0.0326. The van der Waals surface area contributed by atoms with E-state index < -0.39 is 47.1 Å². The SMILES string of the molecule is COc1ccc(C(C(=O)O)n2cnc(NC(=O)C(COCc3ccccc3)NC(=O)C(C)(C)NC(=O)OC(C)(C)C)c2)cc1OC. The smallest absolute Gasteiger partial charge is 0.408 e. The number of hydrogen-bond donors (Lipinski definition) is 4. The lowest BCUT2D eigenvalue weighted by Gasteiger charge is -2.29. The number of imidazole rings is 1. The van der Waals surface area contributed by atoms with Gasteiger partial charge in [-0.2, -0.15) is 0 Å². The van der Waals surface area contributed by atoms with Gasteiger partial charge in [-0.05, 0) is 57.9 Å². The van der Waals surface area contributed by atoms with E-state index in [2.05, 4.69) is 20.9 Å². The van der Waals surface area contributed by atoms with Gasteiger partial charge in [0.25, 0.3) is 5.91 Å².